The van der Waals surface area contributed by atoms with Crippen LogP contribution >= 0.6 is 0 Å². The largest absolute Gasteiger partial charge is 0.480 e. The lowest BCUT2D eigenvalue weighted by molar-refractivity contribution is -0.142. The fraction of sp³-hybridized carbons (Fsp3) is 0.467. The molecule has 0 heterocycles. The standard InChI is InChI=1S/C15H22N2O3/c1-2-6-12(16)14(18)17-13(15(19)20)10-9-11-7-4-3-5-8-11/h3-5,7-8,12-13H,2,6,9-10,16H2,1H3,(H,17,18)(H,19,20)/t12?,13-/m0/s1. The van der Waals surface area contributed by atoms with E-state index < -0.39 is 24.0 Å². The molecule has 20 heavy (non-hydrogen) atoms. The molecule has 2 atom stereocenters. The van der Waals surface area contributed by atoms with Crippen molar-refractivity contribution in [2.24, 2.45) is 5.73 Å². The van der Waals surface area contributed by atoms with Crippen LogP contribution in [0.15, 0.2) is 30.3 Å². The van der Waals surface area contributed by atoms with E-state index in [4.69, 9.17) is 10.8 Å². The molecule has 0 spiro atoms. The molecule has 1 aromatic carbocycles. The number of carboxylic acids is 1. The van der Waals surface area contributed by atoms with E-state index in [0.29, 0.717) is 19.3 Å². The van der Waals surface area contributed by atoms with Crippen molar-refractivity contribution in [3.63, 3.8) is 0 Å². The van der Waals surface area contributed by atoms with Crippen LogP contribution in [0.25, 0.3) is 0 Å². The predicted molar refractivity (Wildman–Crippen MR) is 77.2 cm³/mol. The minimum Gasteiger partial charge on any atom is -0.480 e. The van der Waals surface area contributed by atoms with Gasteiger partial charge in [0, 0.05) is 0 Å². The second-order valence-electron chi connectivity index (χ2n) is 4.82. The summed E-state index contributed by atoms with van der Waals surface area (Å²) in [5.41, 5.74) is 6.73. The molecule has 0 saturated carbocycles. The zero-order valence-electron chi connectivity index (χ0n) is 11.7. The number of nitrogens with one attached hydrogen (secondary N) is 1. The summed E-state index contributed by atoms with van der Waals surface area (Å²) in [4.78, 5) is 22.9. The highest BCUT2D eigenvalue weighted by Gasteiger charge is 2.22. The molecule has 0 saturated heterocycles. The maximum atomic E-state index is 11.8. The zero-order chi connectivity index (χ0) is 15.0. The Bertz CT molecular complexity index is 434. The van der Waals surface area contributed by atoms with Crippen molar-refractivity contribution in [1.29, 1.82) is 0 Å². The Hall–Kier alpha value is -1.88. The van der Waals surface area contributed by atoms with Gasteiger partial charge in [0.15, 0.2) is 0 Å². The van der Waals surface area contributed by atoms with Crippen molar-refractivity contribution in [1.82, 2.24) is 5.32 Å². The highest BCUT2D eigenvalue weighted by atomic mass is 16.4. The van der Waals surface area contributed by atoms with Gasteiger partial charge in [-0.1, -0.05) is 43.7 Å². The van der Waals surface area contributed by atoms with E-state index in [2.05, 4.69) is 5.32 Å². The topological polar surface area (TPSA) is 92.4 Å². The summed E-state index contributed by atoms with van der Waals surface area (Å²) >= 11 is 0. The summed E-state index contributed by atoms with van der Waals surface area (Å²) in [6, 6.07) is 8.04. The van der Waals surface area contributed by atoms with Gasteiger partial charge < -0.3 is 16.2 Å². The van der Waals surface area contributed by atoms with Gasteiger partial charge in [0.25, 0.3) is 0 Å². The van der Waals surface area contributed by atoms with E-state index in [0.717, 1.165) is 12.0 Å². The lowest BCUT2D eigenvalue weighted by atomic mass is 10.0. The maximum Gasteiger partial charge on any atom is 0.326 e. The molecule has 0 aliphatic rings. The average molecular weight is 278 g/mol. The fourth-order valence-corrected chi connectivity index (χ4v) is 1.93. The van der Waals surface area contributed by atoms with E-state index in [1.807, 2.05) is 37.3 Å². The molecular formula is C15H22N2O3. The first kappa shape index (κ1) is 16.2. The van der Waals surface area contributed by atoms with Crippen LogP contribution in [0, 0.1) is 0 Å². The van der Waals surface area contributed by atoms with Crippen LogP contribution in [0.1, 0.15) is 31.7 Å². The van der Waals surface area contributed by atoms with Gasteiger partial charge in [0.2, 0.25) is 5.91 Å². The molecule has 0 bridgehead atoms. The molecule has 5 heteroatoms. The predicted octanol–water partition coefficient (Wildman–Crippen LogP) is 1.32. The number of nitrogens with two attached hydrogens (primary N) is 1. The molecule has 110 valence electrons. The number of hydrogen-bond acceptors (Lipinski definition) is 3. The van der Waals surface area contributed by atoms with Crippen LogP contribution in [0.2, 0.25) is 0 Å². The van der Waals surface area contributed by atoms with Gasteiger partial charge in [-0.25, -0.2) is 4.79 Å². The van der Waals surface area contributed by atoms with Crippen LogP contribution in [0.3, 0.4) is 0 Å². The molecular weight excluding hydrogens is 256 g/mol. The third-order valence-electron chi connectivity index (χ3n) is 3.12. The van der Waals surface area contributed by atoms with Crippen molar-refractivity contribution < 1.29 is 14.7 Å². The van der Waals surface area contributed by atoms with Crippen molar-refractivity contribution >= 4 is 11.9 Å². The van der Waals surface area contributed by atoms with Gasteiger partial charge in [-0.3, -0.25) is 4.79 Å². The van der Waals surface area contributed by atoms with E-state index in [9.17, 15) is 9.59 Å². The minimum atomic E-state index is -1.03. The van der Waals surface area contributed by atoms with Crippen LogP contribution in [0.5, 0.6) is 0 Å². The summed E-state index contributed by atoms with van der Waals surface area (Å²) in [7, 11) is 0. The van der Waals surface area contributed by atoms with E-state index >= 15 is 0 Å². The third kappa shape index (κ3) is 5.40. The maximum absolute atomic E-state index is 11.8. The Morgan fingerprint density at radius 2 is 1.90 bits per heavy atom. The Balaban J connectivity index is 2.52. The normalized spacial score (nSPS) is 13.5. The molecule has 0 fully saturated rings. The van der Waals surface area contributed by atoms with Gasteiger partial charge in [-0.2, -0.15) is 0 Å². The van der Waals surface area contributed by atoms with Crippen molar-refractivity contribution in [3.8, 4) is 0 Å². The van der Waals surface area contributed by atoms with E-state index in [1.165, 1.54) is 0 Å². The molecule has 4 N–H and O–H groups in total. The molecule has 0 radical (unpaired) electrons. The van der Waals surface area contributed by atoms with Crippen molar-refractivity contribution in [3.05, 3.63) is 35.9 Å². The molecule has 0 aromatic heterocycles. The second kappa shape index (κ2) is 8.32. The van der Waals surface area contributed by atoms with E-state index in [1.54, 1.807) is 0 Å². The first-order chi connectivity index (χ1) is 9.54. The highest BCUT2D eigenvalue weighted by Crippen LogP contribution is 2.06. The first-order valence-electron chi connectivity index (χ1n) is 6.87. The summed E-state index contributed by atoms with van der Waals surface area (Å²) in [5, 5.41) is 11.7. The molecule has 0 aliphatic heterocycles. The van der Waals surface area contributed by atoms with Crippen molar-refractivity contribution in [2.45, 2.75) is 44.7 Å². The molecule has 1 amide bonds. The summed E-state index contributed by atoms with van der Waals surface area (Å²) in [6.45, 7) is 1.93. The number of carbonyl (C=O) groups excluding carboxylic acids is 1. The second-order valence-corrected chi connectivity index (χ2v) is 4.82. The minimum absolute atomic E-state index is 0.351. The monoisotopic (exact) mass is 278 g/mol. The SMILES string of the molecule is CCCC(N)C(=O)N[C@@H](CCc1ccccc1)C(=O)O. The van der Waals surface area contributed by atoms with Crippen LogP contribution < -0.4 is 11.1 Å². The number of benzene rings is 1. The van der Waals surface area contributed by atoms with Gasteiger partial charge >= 0.3 is 5.97 Å². The zero-order valence-corrected chi connectivity index (χ0v) is 11.7. The molecule has 1 aromatic rings. The Morgan fingerprint density at radius 3 is 2.45 bits per heavy atom. The summed E-state index contributed by atoms with van der Waals surface area (Å²) in [6.07, 6.45) is 2.29. The summed E-state index contributed by atoms with van der Waals surface area (Å²) < 4.78 is 0. The number of rotatable bonds is 8. The van der Waals surface area contributed by atoms with Crippen molar-refractivity contribution in [2.75, 3.05) is 0 Å². The molecule has 1 rings (SSSR count). The number of hydrogen-bond donors (Lipinski definition) is 3. The van der Waals surface area contributed by atoms with E-state index in [-0.39, 0.29) is 0 Å². The molecule has 5 nitrogen and oxygen atoms in total. The average Bonchev–Trinajstić information content (AvgIpc) is 2.44. The van der Waals surface area contributed by atoms with Crippen LogP contribution in [-0.4, -0.2) is 29.1 Å². The van der Waals surface area contributed by atoms with Crippen LogP contribution in [-0.2, 0) is 16.0 Å². The van der Waals surface area contributed by atoms with Gasteiger partial charge in [0.05, 0.1) is 6.04 Å². The lowest BCUT2D eigenvalue weighted by Gasteiger charge is -2.17. The number of carboxylic acid groups (broad SMARTS) is 1. The quantitative estimate of drug-likeness (QED) is 0.668. The Kier molecular flexibility index (Phi) is 6.73. The molecule has 1 unspecified atom stereocenters. The van der Waals surface area contributed by atoms with Crippen LogP contribution in [0.4, 0.5) is 0 Å². The number of aryl methyl sites for hydroxylation is 1. The number of aliphatic carboxylic acids is 1. The first-order valence-corrected chi connectivity index (χ1v) is 6.87. The molecule has 0 aliphatic carbocycles. The number of carbonyl (C=O) groups is 2. The smallest absolute Gasteiger partial charge is 0.326 e. The van der Waals surface area contributed by atoms with Gasteiger partial charge in [0.1, 0.15) is 6.04 Å². The number of amides is 1. The third-order valence-corrected chi connectivity index (χ3v) is 3.12. The lowest BCUT2D eigenvalue weighted by Crippen LogP contribution is -2.48. The fourth-order valence-electron chi connectivity index (χ4n) is 1.93. The Morgan fingerprint density at radius 1 is 1.25 bits per heavy atom. The summed E-state index contributed by atoms with van der Waals surface area (Å²) in [5.74, 6) is -1.43. The highest BCUT2D eigenvalue weighted by molar-refractivity contribution is 5.86. The van der Waals surface area contributed by atoms with Gasteiger partial charge in [-0.15, -0.1) is 0 Å². The Labute approximate surface area is 119 Å². The van der Waals surface area contributed by atoms with Gasteiger partial charge in [-0.05, 0) is 24.8 Å².